The molecule has 2 amide bonds. The highest BCUT2D eigenvalue weighted by Gasteiger charge is 2.53. The van der Waals surface area contributed by atoms with Gasteiger partial charge in [0.2, 0.25) is 0 Å². The first kappa shape index (κ1) is 48.5. The number of aliphatic hydroxyl groups excluding tert-OH is 1. The molecule has 0 unspecified atom stereocenters. The van der Waals surface area contributed by atoms with Crippen LogP contribution >= 0.6 is 22.9 Å². The Morgan fingerprint density at radius 2 is 1.81 bits per heavy atom. The van der Waals surface area contributed by atoms with E-state index < -0.39 is 65.5 Å². The third kappa shape index (κ3) is 12.0. The van der Waals surface area contributed by atoms with E-state index in [1.807, 2.05) is 39.0 Å². The number of allylic oxidation sites excluding steroid dienone is 1. The second-order valence-electron chi connectivity index (χ2n) is 17.7. The van der Waals surface area contributed by atoms with Gasteiger partial charge in [0.1, 0.15) is 30.3 Å². The number of halogens is 1. The zero-order valence-corrected chi connectivity index (χ0v) is 38.5. The van der Waals surface area contributed by atoms with E-state index in [1.165, 1.54) is 24.3 Å². The van der Waals surface area contributed by atoms with Gasteiger partial charge in [0.15, 0.2) is 0 Å². The molecule has 0 radical (unpaired) electrons. The highest BCUT2D eigenvalue weighted by atomic mass is 35.5. The van der Waals surface area contributed by atoms with Gasteiger partial charge in [0, 0.05) is 37.5 Å². The van der Waals surface area contributed by atoms with E-state index >= 15 is 0 Å². The number of thiazole rings is 1. The zero-order chi connectivity index (χ0) is 46.3. The van der Waals surface area contributed by atoms with E-state index in [4.69, 9.17) is 35.3 Å². The number of aryl methyl sites for hydroxylation is 1. The van der Waals surface area contributed by atoms with Crippen molar-refractivity contribution < 1.29 is 57.6 Å². The highest BCUT2D eigenvalue weighted by Crippen LogP contribution is 2.47. The van der Waals surface area contributed by atoms with Crippen molar-refractivity contribution in [2.45, 2.75) is 135 Å². The number of rotatable bonds is 13. The van der Waals surface area contributed by atoms with Crippen LogP contribution in [0.5, 0.6) is 5.75 Å². The van der Waals surface area contributed by atoms with Gasteiger partial charge in [-0.25, -0.2) is 9.78 Å². The highest BCUT2D eigenvalue weighted by molar-refractivity contribution is 7.18. The van der Waals surface area contributed by atoms with Gasteiger partial charge in [-0.3, -0.25) is 28.9 Å². The number of epoxide rings is 1. The third-order valence-corrected chi connectivity index (χ3v) is 13.7. The first-order valence-electron chi connectivity index (χ1n) is 21.8. The van der Waals surface area contributed by atoms with Crippen LogP contribution in [0.15, 0.2) is 61.2 Å². The quantitative estimate of drug-likeness (QED) is 0.0428. The van der Waals surface area contributed by atoms with Crippen LogP contribution in [-0.4, -0.2) is 81.1 Å². The molecule has 344 valence electrons. The molecule has 7 atom stereocenters. The lowest BCUT2D eigenvalue weighted by Gasteiger charge is -2.37. The van der Waals surface area contributed by atoms with E-state index in [2.05, 4.69) is 11.6 Å². The van der Waals surface area contributed by atoms with Gasteiger partial charge >= 0.3 is 18.1 Å². The molecule has 0 spiro atoms. The minimum absolute atomic E-state index is 0.0874. The molecule has 3 aliphatic heterocycles. The number of unbranched alkanes of at least 4 members (excludes halogenated alkanes) is 2. The van der Waals surface area contributed by atoms with Gasteiger partial charge in [-0.15, -0.1) is 17.9 Å². The second kappa shape index (κ2) is 20.9. The molecule has 0 aliphatic carbocycles. The predicted octanol–water partition coefficient (Wildman–Crippen LogP) is 8.86. The summed E-state index contributed by atoms with van der Waals surface area (Å²) in [6.07, 6.45) is 3.37. The molecule has 0 saturated carbocycles. The van der Waals surface area contributed by atoms with Crippen LogP contribution < -0.4 is 4.74 Å². The molecule has 4 heterocycles. The number of carbonyl (C=O) groups excluding carboxylic acids is 6. The monoisotopic (exact) mass is 920 g/mol. The Bertz CT molecular complexity index is 2270. The fourth-order valence-corrected chi connectivity index (χ4v) is 9.48. The summed E-state index contributed by atoms with van der Waals surface area (Å²) in [5.41, 5.74) is -0.00183. The average Bonchev–Trinajstić information content (AvgIpc) is 3.53. The predicted molar refractivity (Wildman–Crippen MR) is 238 cm³/mol. The van der Waals surface area contributed by atoms with Crippen LogP contribution in [-0.2, 0) is 49.5 Å². The Hall–Kier alpha value is -4.96. The SMILES string of the molecule is C=CC[C@H]1C(=O)C(C)(C)[C@@H](OC(=O)OCc2ccc(OC(=O)CCCCCN3C(=O)C=CC3=O)c(Cl)c2)CC(=O)O[C@H](c2ccc3sc(C)nc3c2)C[C@@H]2O[C@]2(C)CCC[C@H](C)[C@@H]1O. The van der Waals surface area contributed by atoms with Crippen LogP contribution in [0.3, 0.4) is 0 Å². The maximum absolute atomic E-state index is 14.5. The Morgan fingerprint density at radius 1 is 1.06 bits per heavy atom. The number of Topliss-reactive ketones (excluding diaryl/α,β-unsaturated/α-hetero) is 1. The number of benzene rings is 2. The molecule has 3 aliphatic rings. The van der Waals surface area contributed by atoms with Crippen molar-refractivity contribution in [3.8, 4) is 5.75 Å². The molecule has 2 aromatic carbocycles. The van der Waals surface area contributed by atoms with E-state index in [0.29, 0.717) is 37.7 Å². The van der Waals surface area contributed by atoms with Gasteiger partial charge in [-0.05, 0) is 101 Å². The number of esters is 2. The number of aliphatic hydroxyl groups is 1. The number of carbonyl (C=O) groups is 6. The van der Waals surface area contributed by atoms with E-state index in [1.54, 1.807) is 37.3 Å². The first-order valence-corrected chi connectivity index (χ1v) is 23.0. The van der Waals surface area contributed by atoms with Crippen LogP contribution in [0, 0.1) is 24.2 Å². The van der Waals surface area contributed by atoms with Crippen molar-refractivity contribution >= 4 is 68.8 Å². The van der Waals surface area contributed by atoms with Crippen molar-refractivity contribution in [2.75, 3.05) is 6.54 Å². The third-order valence-electron chi connectivity index (χ3n) is 12.5. The summed E-state index contributed by atoms with van der Waals surface area (Å²) in [6.45, 7) is 12.8. The molecule has 2 saturated heterocycles. The summed E-state index contributed by atoms with van der Waals surface area (Å²) in [5.74, 6) is -3.40. The second-order valence-corrected chi connectivity index (χ2v) is 19.4. The number of hydrogen-bond acceptors (Lipinski definition) is 14. The van der Waals surface area contributed by atoms with Crippen LogP contribution in [0.4, 0.5) is 4.79 Å². The lowest BCUT2D eigenvalue weighted by atomic mass is 9.71. The van der Waals surface area contributed by atoms with Gasteiger partial charge in [-0.2, -0.15) is 0 Å². The Morgan fingerprint density at radius 3 is 2.53 bits per heavy atom. The van der Waals surface area contributed by atoms with Crippen molar-refractivity contribution in [2.24, 2.45) is 17.3 Å². The molecule has 6 rings (SSSR count). The molecule has 2 fully saturated rings. The van der Waals surface area contributed by atoms with E-state index in [9.17, 15) is 33.9 Å². The standard InChI is InChI=1S/C48H57ClN2O12S/c1-7-12-32-44(56)28(2)13-11-21-48(6)39(63-48)25-36(31-16-18-37-34(24-31)50-29(3)64-37)61-43(55)26-38(47(4,5)45(32)57)62-46(58)59-27-30-15-17-35(33(49)23-30)60-42(54)14-9-8-10-22-51-40(52)19-20-41(51)53/h7,15-20,23-24,28,32,36,38-39,44,56H,1,8-14,21-22,25-27H2,2-6H3/t28-,32+,36-,38-,39-,44-,48+/m0/s1. The molecule has 14 nitrogen and oxygen atoms in total. The molecule has 1 aromatic heterocycles. The average molecular weight is 922 g/mol. The number of nitrogens with zero attached hydrogens (tertiary/aromatic N) is 2. The number of aromatic nitrogens is 1. The molecular formula is C48H57ClN2O12S. The van der Waals surface area contributed by atoms with Crippen molar-refractivity contribution in [1.82, 2.24) is 9.88 Å². The van der Waals surface area contributed by atoms with Crippen molar-refractivity contribution in [3.05, 3.63) is 82.4 Å². The largest absolute Gasteiger partial charge is 0.508 e. The van der Waals surface area contributed by atoms with Gasteiger partial charge < -0.3 is 28.8 Å². The number of hydrogen-bond donors (Lipinski definition) is 1. The van der Waals surface area contributed by atoms with Crippen LogP contribution in [0.25, 0.3) is 10.2 Å². The Balaban J connectivity index is 1.13. The Labute approximate surface area is 382 Å². The van der Waals surface area contributed by atoms with Crippen LogP contribution in [0.2, 0.25) is 5.02 Å². The molecule has 0 bridgehead atoms. The van der Waals surface area contributed by atoms with Crippen LogP contribution in [0.1, 0.15) is 114 Å². The van der Waals surface area contributed by atoms with Gasteiger partial charge in [0.05, 0.1) is 49.9 Å². The van der Waals surface area contributed by atoms with E-state index in [-0.39, 0.29) is 60.6 Å². The number of ketones is 1. The summed E-state index contributed by atoms with van der Waals surface area (Å²) in [5, 5.41) is 12.6. The van der Waals surface area contributed by atoms with Gasteiger partial charge in [0.25, 0.3) is 11.8 Å². The summed E-state index contributed by atoms with van der Waals surface area (Å²) < 4.78 is 30.2. The fraction of sp³-hybridized carbons (Fsp3) is 0.521. The number of ether oxygens (including phenoxy) is 5. The van der Waals surface area contributed by atoms with Crippen molar-refractivity contribution in [3.63, 3.8) is 0 Å². The smallest absolute Gasteiger partial charge is 0.457 e. The fourth-order valence-electron chi connectivity index (χ4n) is 8.43. The lowest BCUT2D eigenvalue weighted by molar-refractivity contribution is -0.157. The normalized spacial score (nSPS) is 26.3. The minimum Gasteiger partial charge on any atom is -0.457 e. The summed E-state index contributed by atoms with van der Waals surface area (Å²) >= 11 is 8.01. The Kier molecular flexibility index (Phi) is 15.8. The molecular weight excluding hydrogens is 864 g/mol. The number of cyclic esters (lactones) is 1. The topological polar surface area (TPSA) is 188 Å². The summed E-state index contributed by atoms with van der Waals surface area (Å²) in [4.78, 5) is 83.8. The lowest BCUT2D eigenvalue weighted by Crippen LogP contribution is -2.48. The summed E-state index contributed by atoms with van der Waals surface area (Å²) in [6, 6.07) is 10.3. The molecule has 3 aromatic rings. The first-order chi connectivity index (χ1) is 30.4. The minimum atomic E-state index is -1.51. The zero-order valence-electron chi connectivity index (χ0n) is 37.0. The number of amides is 2. The molecule has 64 heavy (non-hydrogen) atoms. The number of imide groups is 1. The van der Waals surface area contributed by atoms with Crippen molar-refractivity contribution in [1.29, 1.82) is 0 Å². The molecule has 16 heteroatoms. The summed E-state index contributed by atoms with van der Waals surface area (Å²) in [7, 11) is 0. The maximum Gasteiger partial charge on any atom is 0.508 e. The molecule has 1 N–H and O–H groups in total. The number of fused-ring (bicyclic) bond motifs is 2. The van der Waals surface area contributed by atoms with Gasteiger partial charge in [-0.1, -0.05) is 49.6 Å². The maximum atomic E-state index is 14.5. The van der Waals surface area contributed by atoms with E-state index in [0.717, 1.165) is 38.5 Å².